The fraction of sp³-hybridized carbons (Fsp3) is 0.846. The number of rotatable bonds is 3. The van der Waals surface area contributed by atoms with E-state index in [-0.39, 0.29) is 0 Å². The second-order valence-corrected chi connectivity index (χ2v) is 12.5. The zero-order valence-electron chi connectivity index (χ0n) is 18.7. The van der Waals surface area contributed by atoms with Gasteiger partial charge in [0, 0.05) is 0 Å². The molecule has 7 aliphatic carbocycles. The highest BCUT2D eigenvalue weighted by Crippen LogP contribution is 2.70. The molecule has 7 aliphatic rings. The van der Waals surface area contributed by atoms with Crippen molar-refractivity contribution in [3.8, 4) is 0 Å². The van der Waals surface area contributed by atoms with E-state index in [4.69, 9.17) is 0 Å². The lowest BCUT2D eigenvalue weighted by Crippen LogP contribution is -2.60. The van der Waals surface area contributed by atoms with Crippen LogP contribution < -0.4 is 0 Å². The van der Waals surface area contributed by atoms with Crippen LogP contribution in [0, 0.1) is 46.3 Å². The van der Waals surface area contributed by atoms with Gasteiger partial charge in [-0.05, 0) is 72.0 Å². The van der Waals surface area contributed by atoms with Crippen molar-refractivity contribution < 1.29 is 0 Å². The maximum atomic E-state index is 2.64. The summed E-state index contributed by atoms with van der Waals surface area (Å²) in [7, 11) is 0. The van der Waals surface area contributed by atoms with Crippen LogP contribution in [-0.4, -0.2) is 6.71 Å². The predicted molar refractivity (Wildman–Crippen MR) is 118 cm³/mol. The van der Waals surface area contributed by atoms with Crippen molar-refractivity contribution in [1.82, 2.24) is 0 Å². The molecule has 7 rings (SSSR count). The highest BCUT2D eigenvalue weighted by atomic mass is 14.6. The Morgan fingerprint density at radius 3 is 1.70 bits per heavy atom. The van der Waals surface area contributed by atoms with Gasteiger partial charge in [-0.2, -0.15) is 0 Å². The maximum absolute atomic E-state index is 2.64. The van der Waals surface area contributed by atoms with Gasteiger partial charge in [0.25, 0.3) is 0 Å². The van der Waals surface area contributed by atoms with Gasteiger partial charge in [-0.15, -0.1) is 5.47 Å². The molecular weight excluding hydrogens is 323 g/mol. The highest BCUT2D eigenvalue weighted by molar-refractivity contribution is 6.70. The van der Waals surface area contributed by atoms with Crippen LogP contribution in [0.4, 0.5) is 0 Å². The monoisotopic (exact) mass is 364 g/mol. The van der Waals surface area contributed by atoms with Gasteiger partial charge >= 0.3 is 0 Å². The summed E-state index contributed by atoms with van der Waals surface area (Å²) in [6.07, 6.45) is 16.0. The molecular formula is C26H41B. The summed E-state index contributed by atoms with van der Waals surface area (Å²) in [4.78, 5) is 0. The van der Waals surface area contributed by atoms with E-state index in [1.54, 1.807) is 0 Å². The minimum absolute atomic E-state index is 0.615. The van der Waals surface area contributed by atoms with Gasteiger partial charge in [0.15, 0.2) is 6.71 Å². The first kappa shape index (κ1) is 18.6. The van der Waals surface area contributed by atoms with E-state index < -0.39 is 0 Å². The quantitative estimate of drug-likeness (QED) is 0.456. The molecule has 0 heterocycles. The van der Waals surface area contributed by atoms with Crippen molar-refractivity contribution in [3.05, 3.63) is 23.7 Å². The molecule has 0 spiro atoms. The molecule has 27 heavy (non-hydrogen) atoms. The highest BCUT2D eigenvalue weighted by Gasteiger charge is 2.62. The van der Waals surface area contributed by atoms with E-state index in [1.807, 2.05) is 5.47 Å². The zero-order chi connectivity index (χ0) is 19.1. The molecule has 0 amide bonds. The summed E-state index contributed by atoms with van der Waals surface area (Å²) >= 11 is 0. The molecule has 0 aromatic rings. The summed E-state index contributed by atoms with van der Waals surface area (Å²) in [6.45, 7) is 16.4. The van der Waals surface area contributed by atoms with Gasteiger partial charge in [0.05, 0.1) is 0 Å². The lowest BCUT2D eigenvalue weighted by Gasteiger charge is -2.66. The van der Waals surface area contributed by atoms with E-state index in [0.29, 0.717) is 10.8 Å². The van der Waals surface area contributed by atoms with Crippen LogP contribution in [-0.2, 0) is 0 Å². The Labute approximate surface area is 168 Å². The van der Waals surface area contributed by atoms with Crippen molar-refractivity contribution in [2.24, 2.45) is 46.3 Å². The van der Waals surface area contributed by atoms with Crippen LogP contribution in [0.1, 0.15) is 80.1 Å². The number of fused-ring (bicyclic) bond motifs is 4. The van der Waals surface area contributed by atoms with Crippen LogP contribution in [0.25, 0.3) is 0 Å². The van der Waals surface area contributed by atoms with Crippen LogP contribution >= 0.6 is 0 Å². The molecule has 1 heteroatoms. The largest absolute Gasteiger partial charge is 0.177 e. The van der Waals surface area contributed by atoms with E-state index in [1.165, 1.54) is 38.5 Å². The Hall–Kier alpha value is -0.455. The van der Waals surface area contributed by atoms with Gasteiger partial charge in [-0.1, -0.05) is 84.2 Å². The van der Waals surface area contributed by atoms with Crippen LogP contribution in [0.5, 0.6) is 0 Å². The van der Waals surface area contributed by atoms with E-state index >= 15 is 0 Å². The predicted octanol–water partition coefficient (Wildman–Crippen LogP) is 7.44. The van der Waals surface area contributed by atoms with Gasteiger partial charge < -0.3 is 0 Å². The summed E-state index contributed by atoms with van der Waals surface area (Å²) in [5, 5.41) is 0. The van der Waals surface area contributed by atoms with Crippen molar-refractivity contribution >= 4 is 6.71 Å². The first-order valence-electron chi connectivity index (χ1n) is 12.1. The molecule has 8 atom stereocenters. The topological polar surface area (TPSA) is 0 Å². The normalized spacial score (nSPS) is 48.9. The molecule has 8 unspecified atom stereocenters. The Bertz CT molecular complexity index is 626. The summed E-state index contributed by atoms with van der Waals surface area (Å²) < 4.78 is 0. The molecule has 0 saturated heterocycles. The Morgan fingerprint density at radius 2 is 1.33 bits per heavy atom. The molecule has 6 saturated carbocycles. The maximum Gasteiger partial charge on any atom is 0.177 e. The number of allylic oxidation sites excluding steroid dienone is 4. The van der Waals surface area contributed by atoms with Crippen LogP contribution in [0.15, 0.2) is 23.7 Å². The van der Waals surface area contributed by atoms with Gasteiger partial charge in [0.1, 0.15) is 0 Å². The zero-order valence-corrected chi connectivity index (χ0v) is 18.7. The van der Waals surface area contributed by atoms with Gasteiger partial charge in [-0.25, -0.2) is 0 Å². The van der Waals surface area contributed by atoms with E-state index in [9.17, 15) is 0 Å². The molecule has 0 radical (unpaired) electrons. The smallest absolute Gasteiger partial charge is 0.100 e. The van der Waals surface area contributed by atoms with Crippen molar-refractivity contribution in [3.63, 3.8) is 0 Å². The van der Waals surface area contributed by atoms with Crippen molar-refractivity contribution in [1.29, 1.82) is 0 Å². The Balaban J connectivity index is 1.47. The fourth-order valence-electron chi connectivity index (χ4n) is 9.09. The minimum atomic E-state index is 0.615. The summed E-state index contributed by atoms with van der Waals surface area (Å²) in [5.41, 5.74) is 3.07. The second kappa shape index (κ2) is 6.02. The molecule has 0 N–H and O–H groups in total. The molecule has 0 aromatic carbocycles. The number of hydrogen-bond donors (Lipinski definition) is 0. The van der Waals surface area contributed by atoms with Crippen LogP contribution in [0.2, 0.25) is 11.6 Å². The first-order chi connectivity index (χ1) is 12.7. The third kappa shape index (κ3) is 2.48. The Morgan fingerprint density at radius 1 is 0.815 bits per heavy atom. The first-order valence-corrected chi connectivity index (χ1v) is 12.1. The molecule has 148 valence electrons. The SMILES string of the molecule is CC1C(B(C2=CC=CCC2)C2CC3CC(C2C)C3(C)C)CC2CC1C2(C)C. The third-order valence-corrected chi connectivity index (χ3v) is 11.2. The molecule has 6 fully saturated rings. The lowest BCUT2D eigenvalue weighted by molar-refractivity contribution is -0.107. The van der Waals surface area contributed by atoms with Crippen LogP contribution in [0.3, 0.4) is 0 Å². The molecule has 0 nitrogen and oxygen atoms in total. The number of hydrogen-bond acceptors (Lipinski definition) is 0. The average Bonchev–Trinajstić information content (AvgIpc) is 2.64. The third-order valence-electron chi connectivity index (χ3n) is 11.2. The molecule has 4 bridgehead atoms. The minimum Gasteiger partial charge on any atom is -0.100 e. The standard InChI is InChI=1S/C26H41B/c1-16-21-12-18(25(21,3)4)14-23(16)27(20-10-8-7-9-11-20)24-15-19-13-22(17(24)2)26(19,5)6/h7-8,10,16-19,21-24H,9,11-15H2,1-6H3. The molecule has 0 aliphatic heterocycles. The van der Waals surface area contributed by atoms with Crippen molar-refractivity contribution in [2.45, 2.75) is 91.7 Å². The van der Waals surface area contributed by atoms with E-state index in [2.05, 4.69) is 59.8 Å². The van der Waals surface area contributed by atoms with Gasteiger partial charge in [-0.3, -0.25) is 0 Å². The Kier molecular flexibility index (Phi) is 4.14. The van der Waals surface area contributed by atoms with Gasteiger partial charge in [0.2, 0.25) is 0 Å². The average molecular weight is 364 g/mol. The fourth-order valence-corrected chi connectivity index (χ4v) is 9.09. The van der Waals surface area contributed by atoms with E-state index in [0.717, 1.165) is 53.9 Å². The lowest BCUT2D eigenvalue weighted by atomic mass is 9.19. The second-order valence-electron chi connectivity index (χ2n) is 12.5. The summed E-state index contributed by atoms with van der Waals surface area (Å²) in [5.74, 6) is 7.69. The van der Waals surface area contributed by atoms with Crippen molar-refractivity contribution in [2.75, 3.05) is 0 Å². The molecule has 0 aromatic heterocycles. The summed E-state index contributed by atoms with van der Waals surface area (Å²) in [6, 6.07) is 0.